The number of carbonyl (C=O) groups is 1. The summed E-state index contributed by atoms with van der Waals surface area (Å²) in [5.74, 6) is -0.694. The molecule has 3 heterocycles. The predicted molar refractivity (Wildman–Crippen MR) is 105 cm³/mol. The van der Waals surface area contributed by atoms with Gasteiger partial charge in [-0.15, -0.1) is 5.10 Å². The Bertz CT molecular complexity index is 1140. The molecule has 4 aromatic rings. The van der Waals surface area contributed by atoms with Crippen molar-refractivity contribution in [1.82, 2.24) is 30.3 Å². The molecule has 144 valence electrons. The van der Waals surface area contributed by atoms with Crippen LogP contribution in [0.25, 0.3) is 16.9 Å². The largest absolute Gasteiger partial charge is 0.345 e. The van der Waals surface area contributed by atoms with Gasteiger partial charge in [0.2, 0.25) is 0 Å². The van der Waals surface area contributed by atoms with Gasteiger partial charge in [-0.05, 0) is 55.0 Å². The van der Waals surface area contributed by atoms with E-state index in [2.05, 4.69) is 25.6 Å². The molecule has 0 atom stereocenters. The summed E-state index contributed by atoms with van der Waals surface area (Å²) in [6, 6.07) is 13.6. The van der Waals surface area contributed by atoms with Crippen LogP contribution in [0.3, 0.4) is 0 Å². The zero-order valence-corrected chi connectivity index (χ0v) is 15.6. The van der Waals surface area contributed by atoms with Crippen molar-refractivity contribution in [3.8, 4) is 16.9 Å². The molecule has 7 nitrogen and oxygen atoms in total. The minimum Gasteiger partial charge on any atom is -0.345 e. The van der Waals surface area contributed by atoms with Crippen LogP contribution in [0.4, 0.5) is 4.39 Å². The molecule has 0 unspecified atom stereocenters. The topological polar surface area (TPSA) is 85.6 Å². The molecule has 0 saturated carbocycles. The van der Waals surface area contributed by atoms with E-state index in [1.807, 2.05) is 18.2 Å². The Morgan fingerprint density at radius 2 is 1.93 bits per heavy atom. The molecule has 0 spiro atoms. The van der Waals surface area contributed by atoms with Gasteiger partial charge in [-0.25, -0.2) is 9.07 Å². The first-order valence-corrected chi connectivity index (χ1v) is 8.94. The second-order valence-corrected chi connectivity index (χ2v) is 6.37. The lowest BCUT2D eigenvalue weighted by Gasteiger charge is -2.09. The SMILES string of the molecule is Cc1cc(-n2nnc(C(=O)NCc3ccccn3)c2-c2ccncc2)ccc1F. The molecular weight excluding hydrogens is 371 g/mol. The van der Waals surface area contributed by atoms with Crippen LogP contribution < -0.4 is 5.32 Å². The molecule has 4 rings (SSSR count). The summed E-state index contributed by atoms with van der Waals surface area (Å²) in [5, 5.41) is 11.1. The van der Waals surface area contributed by atoms with Gasteiger partial charge >= 0.3 is 0 Å². The Kier molecular flexibility index (Phi) is 5.07. The van der Waals surface area contributed by atoms with Crippen LogP contribution in [-0.4, -0.2) is 30.9 Å². The van der Waals surface area contributed by atoms with Gasteiger partial charge in [0.15, 0.2) is 5.69 Å². The van der Waals surface area contributed by atoms with Crippen LogP contribution >= 0.6 is 0 Å². The number of aryl methyl sites for hydroxylation is 1. The van der Waals surface area contributed by atoms with Crippen LogP contribution in [0.1, 0.15) is 21.7 Å². The van der Waals surface area contributed by atoms with Gasteiger partial charge in [-0.1, -0.05) is 11.3 Å². The van der Waals surface area contributed by atoms with Gasteiger partial charge in [0.25, 0.3) is 5.91 Å². The van der Waals surface area contributed by atoms with E-state index in [1.165, 1.54) is 10.7 Å². The quantitative estimate of drug-likeness (QED) is 0.568. The highest BCUT2D eigenvalue weighted by Crippen LogP contribution is 2.25. The lowest BCUT2D eigenvalue weighted by atomic mass is 10.1. The lowest BCUT2D eigenvalue weighted by Crippen LogP contribution is -2.24. The van der Waals surface area contributed by atoms with Crippen molar-refractivity contribution in [2.24, 2.45) is 0 Å². The summed E-state index contributed by atoms with van der Waals surface area (Å²) in [6.45, 7) is 1.93. The number of nitrogens with one attached hydrogen (secondary N) is 1. The van der Waals surface area contributed by atoms with Crippen LogP contribution in [0.5, 0.6) is 0 Å². The van der Waals surface area contributed by atoms with E-state index < -0.39 is 0 Å². The molecule has 8 heteroatoms. The van der Waals surface area contributed by atoms with Crippen molar-refractivity contribution in [2.75, 3.05) is 0 Å². The Morgan fingerprint density at radius 1 is 1.10 bits per heavy atom. The number of pyridine rings is 2. The number of carbonyl (C=O) groups excluding carboxylic acids is 1. The molecule has 0 radical (unpaired) electrons. The lowest BCUT2D eigenvalue weighted by molar-refractivity contribution is 0.0946. The van der Waals surface area contributed by atoms with Crippen molar-refractivity contribution < 1.29 is 9.18 Å². The fourth-order valence-corrected chi connectivity index (χ4v) is 2.90. The maximum atomic E-state index is 13.7. The summed E-state index contributed by atoms with van der Waals surface area (Å²) in [4.78, 5) is 21.1. The molecule has 0 fully saturated rings. The third-order valence-electron chi connectivity index (χ3n) is 4.38. The smallest absolute Gasteiger partial charge is 0.274 e. The molecule has 1 N–H and O–H groups in total. The minimum atomic E-state index is -0.382. The molecule has 1 amide bonds. The first kappa shape index (κ1) is 18.4. The number of aromatic nitrogens is 5. The standard InChI is InChI=1S/C21H17FN6O/c1-14-12-17(5-6-18(14)22)28-20(15-7-10-23-11-8-15)19(26-27-28)21(29)25-13-16-4-2-3-9-24-16/h2-12H,13H2,1H3,(H,25,29). The average molecular weight is 388 g/mol. The Morgan fingerprint density at radius 3 is 2.66 bits per heavy atom. The highest BCUT2D eigenvalue weighted by atomic mass is 19.1. The monoisotopic (exact) mass is 388 g/mol. The maximum Gasteiger partial charge on any atom is 0.274 e. The summed E-state index contributed by atoms with van der Waals surface area (Å²) in [5.41, 5.74) is 3.18. The van der Waals surface area contributed by atoms with Crippen molar-refractivity contribution in [2.45, 2.75) is 13.5 Å². The van der Waals surface area contributed by atoms with E-state index in [0.717, 1.165) is 11.3 Å². The summed E-state index contributed by atoms with van der Waals surface area (Å²) in [6.07, 6.45) is 4.91. The predicted octanol–water partition coefficient (Wildman–Crippen LogP) is 3.10. The van der Waals surface area contributed by atoms with E-state index in [4.69, 9.17) is 0 Å². The minimum absolute atomic E-state index is 0.161. The van der Waals surface area contributed by atoms with Crippen molar-refractivity contribution >= 4 is 5.91 Å². The number of rotatable bonds is 5. The van der Waals surface area contributed by atoms with Gasteiger partial charge < -0.3 is 5.32 Å². The number of benzene rings is 1. The zero-order chi connectivity index (χ0) is 20.2. The second-order valence-electron chi connectivity index (χ2n) is 6.37. The van der Waals surface area contributed by atoms with Crippen LogP contribution in [0, 0.1) is 12.7 Å². The molecule has 0 bridgehead atoms. The molecule has 0 aliphatic carbocycles. The van der Waals surface area contributed by atoms with Gasteiger partial charge in [-0.3, -0.25) is 14.8 Å². The third kappa shape index (κ3) is 3.86. The van der Waals surface area contributed by atoms with Crippen molar-refractivity contribution in [1.29, 1.82) is 0 Å². The molecule has 0 saturated heterocycles. The Balaban J connectivity index is 1.73. The molecule has 0 aliphatic rings. The zero-order valence-electron chi connectivity index (χ0n) is 15.6. The number of amides is 1. The molecular formula is C21H17FN6O. The summed E-state index contributed by atoms with van der Waals surface area (Å²) < 4.78 is 15.2. The van der Waals surface area contributed by atoms with Crippen molar-refractivity contribution in [3.63, 3.8) is 0 Å². The highest BCUT2D eigenvalue weighted by Gasteiger charge is 2.22. The number of hydrogen-bond donors (Lipinski definition) is 1. The van der Waals surface area contributed by atoms with Crippen LogP contribution in [0.2, 0.25) is 0 Å². The Labute approximate surface area is 166 Å². The second kappa shape index (κ2) is 7.97. The average Bonchev–Trinajstić information content (AvgIpc) is 3.20. The highest BCUT2D eigenvalue weighted by molar-refractivity contribution is 5.98. The van der Waals surface area contributed by atoms with Gasteiger partial charge in [0.05, 0.1) is 17.9 Å². The maximum absolute atomic E-state index is 13.7. The first-order chi connectivity index (χ1) is 14.1. The molecule has 29 heavy (non-hydrogen) atoms. The first-order valence-electron chi connectivity index (χ1n) is 8.94. The van der Waals surface area contributed by atoms with Gasteiger partial charge in [0.1, 0.15) is 11.5 Å². The van der Waals surface area contributed by atoms with Crippen LogP contribution in [0.15, 0.2) is 67.1 Å². The van der Waals surface area contributed by atoms with Crippen LogP contribution in [-0.2, 0) is 6.54 Å². The van der Waals surface area contributed by atoms with E-state index in [0.29, 0.717) is 16.9 Å². The summed E-state index contributed by atoms with van der Waals surface area (Å²) >= 11 is 0. The number of halogens is 1. The van der Waals surface area contributed by atoms with E-state index in [9.17, 15) is 9.18 Å². The number of hydrogen-bond acceptors (Lipinski definition) is 5. The normalized spacial score (nSPS) is 10.7. The number of nitrogens with zero attached hydrogens (tertiary/aromatic N) is 5. The van der Waals surface area contributed by atoms with Gasteiger partial charge in [0, 0.05) is 24.2 Å². The fourth-order valence-electron chi connectivity index (χ4n) is 2.90. The van der Waals surface area contributed by atoms with Crippen molar-refractivity contribution in [3.05, 3.63) is 89.9 Å². The molecule has 1 aromatic carbocycles. The van der Waals surface area contributed by atoms with E-state index in [-0.39, 0.29) is 24.0 Å². The molecule has 0 aliphatic heterocycles. The van der Waals surface area contributed by atoms with E-state index >= 15 is 0 Å². The van der Waals surface area contributed by atoms with E-state index in [1.54, 1.807) is 49.8 Å². The summed E-state index contributed by atoms with van der Waals surface area (Å²) in [7, 11) is 0. The molecule has 3 aromatic heterocycles. The Hall–Kier alpha value is -3.94. The van der Waals surface area contributed by atoms with Gasteiger partial charge in [-0.2, -0.15) is 0 Å². The third-order valence-corrected chi connectivity index (χ3v) is 4.38. The fraction of sp³-hybridized carbons (Fsp3) is 0.0952.